The van der Waals surface area contributed by atoms with Gasteiger partial charge >= 0.3 is 5.97 Å². The average Bonchev–Trinajstić information content (AvgIpc) is 2.60. The third kappa shape index (κ3) is 3.52. The molecule has 98 valence electrons. The summed E-state index contributed by atoms with van der Waals surface area (Å²) >= 11 is 0. The van der Waals surface area contributed by atoms with Crippen LogP contribution < -0.4 is 0 Å². The van der Waals surface area contributed by atoms with Crippen molar-refractivity contribution in [1.82, 2.24) is 0 Å². The quantitative estimate of drug-likeness (QED) is 0.574. The molecule has 5 nitrogen and oxygen atoms in total. The van der Waals surface area contributed by atoms with Crippen LogP contribution in [0.2, 0.25) is 0 Å². The SMILES string of the molecule is C=C[C@H](C(O)C(=O)OCC)[C@H]1COC(C)(C)O1. The highest BCUT2D eigenvalue weighted by molar-refractivity contribution is 5.75. The molecule has 0 saturated carbocycles. The van der Waals surface area contributed by atoms with E-state index in [-0.39, 0.29) is 12.7 Å². The molecule has 1 N–H and O–H groups in total. The monoisotopic (exact) mass is 244 g/mol. The van der Waals surface area contributed by atoms with Crippen molar-refractivity contribution in [3.8, 4) is 0 Å². The third-order valence-electron chi connectivity index (χ3n) is 2.62. The van der Waals surface area contributed by atoms with Gasteiger partial charge in [-0.15, -0.1) is 6.58 Å². The molecule has 1 aliphatic heterocycles. The zero-order valence-corrected chi connectivity index (χ0v) is 10.5. The molecule has 1 aliphatic rings. The molecule has 0 aromatic carbocycles. The number of hydrogen-bond donors (Lipinski definition) is 1. The van der Waals surface area contributed by atoms with Gasteiger partial charge in [0.2, 0.25) is 0 Å². The first-order chi connectivity index (χ1) is 7.91. The molecule has 0 radical (unpaired) electrons. The summed E-state index contributed by atoms with van der Waals surface area (Å²) in [7, 11) is 0. The van der Waals surface area contributed by atoms with Crippen LogP contribution in [0, 0.1) is 5.92 Å². The molecule has 0 aliphatic carbocycles. The summed E-state index contributed by atoms with van der Waals surface area (Å²) in [6.07, 6.45) is -0.159. The number of carbonyl (C=O) groups excluding carboxylic acids is 1. The molecule has 0 amide bonds. The van der Waals surface area contributed by atoms with Crippen LogP contribution in [0.25, 0.3) is 0 Å². The molecular formula is C12H20O5. The van der Waals surface area contributed by atoms with E-state index in [9.17, 15) is 9.90 Å². The van der Waals surface area contributed by atoms with Crippen LogP contribution in [0.15, 0.2) is 12.7 Å². The van der Waals surface area contributed by atoms with E-state index in [1.54, 1.807) is 20.8 Å². The smallest absolute Gasteiger partial charge is 0.335 e. The second kappa shape index (κ2) is 5.62. The van der Waals surface area contributed by atoms with Crippen LogP contribution in [-0.2, 0) is 19.0 Å². The molecule has 0 aromatic heterocycles. The summed E-state index contributed by atoms with van der Waals surface area (Å²) < 4.78 is 15.7. The first-order valence-electron chi connectivity index (χ1n) is 5.70. The first kappa shape index (κ1) is 14.2. The van der Waals surface area contributed by atoms with Crippen LogP contribution in [-0.4, -0.2) is 42.3 Å². The number of aliphatic hydroxyl groups excluding tert-OH is 1. The third-order valence-corrected chi connectivity index (χ3v) is 2.62. The summed E-state index contributed by atoms with van der Waals surface area (Å²) in [6.45, 7) is 9.41. The van der Waals surface area contributed by atoms with E-state index < -0.39 is 23.8 Å². The Labute approximate surface area is 101 Å². The highest BCUT2D eigenvalue weighted by Crippen LogP contribution is 2.29. The van der Waals surface area contributed by atoms with Crippen molar-refractivity contribution < 1.29 is 24.1 Å². The molecule has 1 rings (SSSR count). The van der Waals surface area contributed by atoms with E-state index in [2.05, 4.69) is 6.58 Å². The Morgan fingerprint density at radius 2 is 2.35 bits per heavy atom. The highest BCUT2D eigenvalue weighted by atomic mass is 16.7. The fourth-order valence-electron chi connectivity index (χ4n) is 1.77. The van der Waals surface area contributed by atoms with Crippen LogP contribution in [0.4, 0.5) is 0 Å². The number of rotatable bonds is 5. The molecule has 1 heterocycles. The predicted molar refractivity (Wildman–Crippen MR) is 61.2 cm³/mol. The summed E-state index contributed by atoms with van der Waals surface area (Å²) in [5.74, 6) is -1.89. The van der Waals surface area contributed by atoms with Crippen molar-refractivity contribution in [2.24, 2.45) is 5.92 Å². The Bertz CT molecular complexity index is 287. The average molecular weight is 244 g/mol. The molecule has 17 heavy (non-hydrogen) atoms. The maximum Gasteiger partial charge on any atom is 0.335 e. The van der Waals surface area contributed by atoms with Gasteiger partial charge in [-0.3, -0.25) is 0 Å². The van der Waals surface area contributed by atoms with Crippen LogP contribution in [0.5, 0.6) is 0 Å². The van der Waals surface area contributed by atoms with E-state index in [4.69, 9.17) is 14.2 Å². The van der Waals surface area contributed by atoms with Crippen molar-refractivity contribution in [3.05, 3.63) is 12.7 Å². The second-order valence-electron chi connectivity index (χ2n) is 4.38. The van der Waals surface area contributed by atoms with Gasteiger partial charge < -0.3 is 19.3 Å². The zero-order valence-electron chi connectivity index (χ0n) is 10.5. The number of carbonyl (C=O) groups is 1. The van der Waals surface area contributed by atoms with Gasteiger partial charge in [-0.1, -0.05) is 6.08 Å². The minimum absolute atomic E-state index is 0.229. The van der Waals surface area contributed by atoms with Gasteiger partial charge in [0.25, 0.3) is 0 Å². The van der Waals surface area contributed by atoms with Crippen LogP contribution in [0.3, 0.4) is 0 Å². The number of esters is 1. The van der Waals surface area contributed by atoms with Crippen molar-refractivity contribution in [2.75, 3.05) is 13.2 Å². The van der Waals surface area contributed by atoms with Gasteiger partial charge in [-0.05, 0) is 20.8 Å². The fraction of sp³-hybridized carbons (Fsp3) is 0.750. The summed E-state index contributed by atoms with van der Waals surface area (Å²) in [5.41, 5.74) is 0. The van der Waals surface area contributed by atoms with Gasteiger partial charge in [-0.2, -0.15) is 0 Å². The molecule has 1 unspecified atom stereocenters. The molecule has 0 bridgehead atoms. The van der Waals surface area contributed by atoms with Gasteiger partial charge in [0.15, 0.2) is 11.9 Å². The van der Waals surface area contributed by atoms with Gasteiger partial charge in [0.1, 0.15) is 0 Å². The molecule has 5 heteroatoms. The van der Waals surface area contributed by atoms with Crippen molar-refractivity contribution in [2.45, 2.75) is 38.8 Å². The number of aliphatic hydroxyl groups is 1. The maximum atomic E-state index is 11.4. The largest absolute Gasteiger partial charge is 0.464 e. The van der Waals surface area contributed by atoms with Crippen molar-refractivity contribution in [3.63, 3.8) is 0 Å². The van der Waals surface area contributed by atoms with Gasteiger partial charge in [0, 0.05) is 5.92 Å². The van der Waals surface area contributed by atoms with Crippen LogP contribution >= 0.6 is 0 Å². The topological polar surface area (TPSA) is 65.0 Å². The summed E-state index contributed by atoms with van der Waals surface area (Å²) in [6, 6.07) is 0. The molecule has 1 saturated heterocycles. The molecule has 1 fully saturated rings. The second-order valence-corrected chi connectivity index (χ2v) is 4.38. The lowest BCUT2D eigenvalue weighted by atomic mass is 9.96. The van der Waals surface area contributed by atoms with E-state index >= 15 is 0 Å². The normalized spacial score (nSPS) is 26.2. The number of ether oxygens (including phenoxy) is 3. The lowest BCUT2D eigenvalue weighted by Crippen LogP contribution is -2.39. The number of hydrogen-bond acceptors (Lipinski definition) is 5. The highest BCUT2D eigenvalue weighted by Gasteiger charge is 2.41. The lowest BCUT2D eigenvalue weighted by molar-refractivity contribution is -0.164. The summed E-state index contributed by atoms with van der Waals surface area (Å²) in [4.78, 5) is 11.4. The van der Waals surface area contributed by atoms with Gasteiger partial charge in [-0.25, -0.2) is 4.79 Å². The Morgan fingerprint density at radius 1 is 1.71 bits per heavy atom. The Morgan fingerprint density at radius 3 is 2.76 bits per heavy atom. The van der Waals surface area contributed by atoms with E-state index in [0.717, 1.165) is 0 Å². The maximum absolute atomic E-state index is 11.4. The molecule has 3 atom stereocenters. The predicted octanol–water partition coefficient (Wildman–Crippen LogP) is 0.864. The Kier molecular flexibility index (Phi) is 4.68. The standard InChI is InChI=1S/C12H20O5/c1-5-8(10(13)11(14)15-6-2)9-7-16-12(3,4)17-9/h5,8-10,13H,1,6-7H2,2-4H3/t8-,9+,10?/m0/s1. The minimum atomic E-state index is -1.27. The zero-order chi connectivity index (χ0) is 13.1. The van der Waals surface area contributed by atoms with Crippen LogP contribution in [0.1, 0.15) is 20.8 Å². The summed E-state index contributed by atoms with van der Waals surface area (Å²) in [5, 5.41) is 9.86. The molecule has 0 aromatic rings. The van der Waals surface area contributed by atoms with Crippen molar-refractivity contribution in [1.29, 1.82) is 0 Å². The fourth-order valence-corrected chi connectivity index (χ4v) is 1.77. The molecule has 0 spiro atoms. The van der Waals surface area contributed by atoms with Crippen molar-refractivity contribution >= 4 is 5.97 Å². The van der Waals surface area contributed by atoms with E-state index in [1.807, 2.05) is 0 Å². The Hall–Kier alpha value is -0.910. The first-order valence-corrected chi connectivity index (χ1v) is 5.70. The van der Waals surface area contributed by atoms with E-state index in [1.165, 1.54) is 6.08 Å². The lowest BCUT2D eigenvalue weighted by Gasteiger charge is -2.24. The minimum Gasteiger partial charge on any atom is -0.464 e. The Balaban J connectivity index is 2.65. The van der Waals surface area contributed by atoms with E-state index in [0.29, 0.717) is 6.61 Å². The molecular weight excluding hydrogens is 224 g/mol. The van der Waals surface area contributed by atoms with Gasteiger partial charge in [0.05, 0.1) is 19.3 Å².